The molecule has 0 saturated heterocycles. The van der Waals surface area contributed by atoms with Gasteiger partial charge in [0.25, 0.3) is 0 Å². The summed E-state index contributed by atoms with van der Waals surface area (Å²) in [6, 6.07) is 44.8. The van der Waals surface area contributed by atoms with Crippen molar-refractivity contribution in [3.63, 3.8) is 0 Å². The summed E-state index contributed by atoms with van der Waals surface area (Å²) in [6.07, 6.45) is 12.2. The summed E-state index contributed by atoms with van der Waals surface area (Å²) in [7, 11) is 0. The summed E-state index contributed by atoms with van der Waals surface area (Å²) in [4.78, 5) is 27.7. The molecule has 2 N–H and O–H groups in total. The molecule has 5 aromatic heterocycles. The molecule has 0 saturated carbocycles. The van der Waals surface area contributed by atoms with Crippen LogP contribution in [0.15, 0.2) is 140 Å². The Kier molecular flexibility index (Phi) is 8.37. The average Bonchev–Trinajstić information content (AvgIpc) is 4.08. The smallest absolute Gasteiger partial charge is 0.0892 e. The lowest BCUT2D eigenvalue weighted by Crippen LogP contribution is -1.89. The number of aryl methyl sites for hydroxylation is 3. The van der Waals surface area contributed by atoms with Crippen LogP contribution in [0.5, 0.6) is 0 Å². The van der Waals surface area contributed by atoms with Gasteiger partial charge in [-0.2, -0.15) is 0 Å². The third-order valence-corrected chi connectivity index (χ3v) is 10.7. The molecule has 8 aromatic rings. The zero-order valence-corrected chi connectivity index (χ0v) is 31.9. The quantitative estimate of drug-likeness (QED) is 0.184. The lowest BCUT2D eigenvalue weighted by molar-refractivity contribution is 1.25. The Morgan fingerprint density at radius 3 is 1.49 bits per heavy atom. The van der Waals surface area contributed by atoms with Crippen LogP contribution in [0.3, 0.4) is 0 Å². The normalized spacial score (nSPS) is 12.0. The van der Waals surface area contributed by atoms with Gasteiger partial charge >= 0.3 is 0 Å². The van der Waals surface area contributed by atoms with Gasteiger partial charge in [0.15, 0.2) is 0 Å². The fraction of sp³-hybridized carbons (Fsp3) is 0.0588. The minimum Gasteiger partial charge on any atom is -0.354 e. The largest absolute Gasteiger partial charge is 0.354 e. The van der Waals surface area contributed by atoms with Crippen LogP contribution in [0.2, 0.25) is 0 Å². The van der Waals surface area contributed by atoms with Crippen molar-refractivity contribution in [2.45, 2.75) is 20.8 Å². The van der Waals surface area contributed by atoms with Gasteiger partial charge in [-0.1, -0.05) is 95.6 Å². The second-order valence-corrected chi connectivity index (χ2v) is 14.8. The van der Waals surface area contributed by atoms with Crippen LogP contribution >= 0.6 is 0 Å². The summed E-state index contributed by atoms with van der Waals surface area (Å²) in [5, 5.41) is 0. The highest BCUT2D eigenvalue weighted by molar-refractivity contribution is 5.99. The van der Waals surface area contributed by atoms with Crippen molar-refractivity contribution in [2.24, 2.45) is 0 Å². The molecule has 0 amide bonds. The van der Waals surface area contributed by atoms with Crippen molar-refractivity contribution in [2.75, 3.05) is 0 Å². The molecular formula is C51H38N6. The van der Waals surface area contributed by atoms with Crippen LogP contribution in [-0.2, 0) is 0 Å². The first-order valence-electron chi connectivity index (χ1n) is 19.2. The van der Waals surface area contributed by atoms with E-state index in [0.29, 0.717) is 0 Å². The van der Waals surface area contributed by atoms with Crippen LogP contribution in [0, 0.1) is 20.8 Å². The highest BCUT2D eigenvalue weighted by atomic mass is 14.8. The number of H-pyrrole nitrogens is 2. The summed E-state index contributed by atoms with van der Waals surface area (Å²) >= 11 is 0. The maximum absolute atomic E-state index is 5.46. The molecule has 6 nitrogen and oxygen atoms in total. The molecule has 2 aliphatic rings. The maximum Gasteiger partial charge on any atom is 0.0892 e. The van der Waals surface area contributed by atoms with Gasteiger partial charge in [-0.05, 0) is 116 Å². The number of aromatic amines is 2. The van der Waals surface area contributed by atoms with Crippen LogP contribution in [-0.4, -0.2) is 29.9 Å². The summed E-state index contributed by atoms with van der Waals surface area (Å²) in [6.45, 7) is 6.35. The van der Waals surface area contributed by atoms with E-state index < -0.39 is 0 Å². The summed E-state index contributed by atoms with van der Waals surface area (Å²) < 4.78 is 0. The first-order chi connectivity index (χ1) is 27.9. The molecule has 0 spiro atoms. The zero-order valence-electron chi connectivity index (χ0n) is 31.9. The fourth-order valence-corrected chi connectivity index (χ4v) is 7.77. The Morgan fingerprint density at radius 2 is 0.912 bits per heavy atom. The van der Waals surface area contributed by atoms with Crippen molar-refractivity contribution in [3.8, 4) is 55.9 Å². The van der Waals surface area contributed by atoms with Gasteiger partial charge in [0.05, 0.1) is 34.2 Å². The lowest BCUT2D eigenvalue weighted by atomic mass is 10.0. The predicted molar refractivity (Wildman–Crippen MR) is 236 cm³/mol. The minimum absolute atomic E-state index is 0.806. The van der Waals surface area contributed by atoms with Crippen molar-refractivity contribution in [1.82, 2.24) is 29.9 Å². The van der Waals surface area contributed by atoms with Crippen LogP contribution in [0.1, 0.15) is 39.5 Å². The van der Waals surface area contributed by atoms with Crippen molar-refractivity contribution >= 4 is 46.4 Å². The highest BCUT2D eigenvalue weighted by Crippen LogP contribution is 2.38. The minimum atomic E-state index is 0.806. The first kappa shape index (κ1) is 34.1. The number of fused-ring (bicyclic) bond motifs is 8. The van der Waals surface area contributed by atoms with Crippen LogP contribution < -0.4 is 0 Å². The van der Waals surface area contributed by atoms with Gasteiger partial charge in [0, 0.05) is 56.7 Å². The fourth-order valence-electron chi connectivity index (χ4n) is 7.77. The van der Waals surface area contributed by atoms with Gasteiger partial charge in [0.1, 0.15) is 0 Å². The molecule has 0 atom stereocenters. The molecule has 57 heavy (non-hydrogen) atoms. The standard InChI is InChI=1S/C51H38N6/c1-31-7-13-34(14-8-31)49-41-20-19-38(54-41)29-46-39(37-25-27-53-47(28-37)40-6-4-5-26-52-40)30-48(57-46)51(36-17-11-33(3)12-18-36)45-24-23-44(56-45)50(43-22-21-42(49)55-43)35-15-9-32(2)10-16-35/h4-30,55,57H,1-3H3. The number of nitrogens with one attached hydrogen (secondary N) is 2. The molecule has 2 aliphatic heterocycles. The maximum atomic E-state index is 5.46. The molecule has 10 rings (SSSR count). The molecule has 6 heteroatoms. The SMILES string of the molecule is Cc1ccc(-c2c3nc(c(-c4ccc(C)cc4)c4ccc([nH]4)c(-c4ccc(C)cc4)c4nc(cc5[nH]c2cc5-c2ccnc(-c5ccccn5)c2)C=C4)C=C3)cc1. The molecule has 0 fully saturated rings. The summed E-state index contributed by atoms with van der Waals surface area (Å²) in [5.41, 5.74) is 20.9. The van der Waals surface area contributed by atoms with E-state index in [0.717, 1.165) is 101 Å². The van der Waals surface area contributed by atoms with E-state index >= 15 is 0 Å². The van der Waals surface area contributed by atoms with Gasteiger partial charge in [0.2, 0.25) is 0 Å². The highest BCUT2D eigenvalue weighted by Gasteiger charge is 2.18. The second kappa shape index (κ2) is 14.0. The van der Waals surface area contributed by atoms with Gasteiger partial charge in [-0.3, -0.25) is 9.97 Å². The number of hydrogen-bond donors (Lipinski definition) is 2. The Balaban J connectivity index is 1.35. The molecule has 0 radical (unpaired) electrons. The van der Waals surface area contributed by atoms with Crippen molar-refractivity contribution < 1.29 is 0 Å². The Morgan fingerprint density at radius 1 is 0.386 bits per heavy atom. The Hall–Kier alpha value is -7.44. The second-order valence-electron chi connectivity index (χ2n) is 14.8. The van der Waals surface area contributed by atoms with Crippen molar-refractivity contribution in [1.29, 1.82) is 0 Å². The van der Waals surface area contributed by atoms with Gasteiger partial charge < -0.3 is 9.97 Å². The number of benzene rings is 3. The van der Waals surface area contributed by atoms with Crippen LogP contribution in [0.25, 0.3) is 102 Å². The zero-order chi connectivity index (χ0) is 38.5. The van der Waals surface area contributed by atoms with E-state index in [4.69, 9.17) is 15.0 Å². The number of hydrogen-bond acceptors (Lipinski definition) is 4. The summed E-state index contributed by atoms with van der Waals surface area (Å²) in [5.74, 6) is 0. The Bertz CT molecular complexity index is 3060. The molecule has 8 bridgehead atoms. The molecule has 0 unspecified atom stereocenters. The van der Waals surface area contributed by atoms with Crippen molar-refractivity contribution in [3.05, 3.63) is 179 Å². The number of nitrogens with zero attached hydrogens (tertiary/aromatic N) is 4. The molecule has 0 aliphatic carbocycles. The number of pyridine rings is 2. The average molecular weight is 735 g/mol. The van der Waals surface area contributed by atoms with E-state index in [9.17, 15) is 0 Å². The Labute approximate surface area is 331 Å². The van der Waals surface area contributed by atoms with Crippen LogP contribution in [0.4, 0.5) is 0 Å². The van der Waals surface area contributed by atoms with E-state index in [1.54, 1.807) is 6.20 Å². The van der Waals surface area contributed by atoms with E-state index in [1.165, 1.54) is 16.7 Å². The topological polar surface area (TPSA) is 83.1 Å². The molecule has 7 heterocycles. The third kappa shape index (κ3) is 6.47. The third-order valence-electron chi connectivity index (χ3n) is 10.7. The first-order valence-corrected chi connectivity index (χ1v) is 19.2. The van der Waals surface area contributed by atoms with E-state index in [-0.39, 0.29) is 0 Å². The number of rotatable bonds is 5. The van der Waals surface area contributed by atoms with E-state index in [1.807, 2.05) is 24.4 Å². The predicted octanol–water partition coefficient (Wildman–Crippen LogP) is 12.7. The monoisotopic (exact) mass is 734 g/mol. The molecule has 272 valence electrons. The van der Waals surface area contributed by atoms with Gasteiger partial charge in [-0.25, -0.2) is 9.97 Å². The lowest BCUT2D eigenvalue weighted by Gasteiger charge is -2.07. The molecule has 3 aromatic carbocycles. The van der Waals surface area contributed by atoms with Gasteiger partial charge in [-0.15, -0.1) is 0 Å². The number of aromatic nitrogens is 6. The molecular weight excluding hydrogens is 697 g/mol. The van der Waals surface area contributed by atoms with E-state index in [2.05, 4.69) is 169 Å².